The highest BCUT2D eigenvalue weighted by molar-refractivity contribution is 7.20. The molecule has 0 fully saturated rings. The molecule has 1 aromatic carbocycles. The summed E-state index contributed by atoms with van der Waals surface area (Å²) in [6, 6.07) is 11.9. The van der Waals surface area contributed by atoms with E-state index in [1.165, 1.54) is 11.3 Å². The quantitative estimate of drug-likeness (QED) is 0.611. The van der Waals surface area contributed by atoms with Crippen LogP contribution in [0.3, 0.4) is 0 Å². The molecule has 0 bridgehead atoms. The smallest absolute Gasteiger partial charge is 0.280 e. The average Bonchev–Trinajstić information content (AvgIpc) is 3.15. The Balaban J connectivity index is 1.51. The number of nitrogens with zero attached hydrogens (tertiary/aromatic N) is 2. The number of rotatable bonds is 3. The lowest BCUT2D eigenvalue weighted by molar-refractivity contribution is 0.0950. The van der Waals surface area contributed by atoms with Crippen LogP contribution in [0.25, 0.3) is 21.1 Å². The van der Waals surface area contributed by atoms with Crippen molar-refractivity contribution in [3.63, 3.8) is 0 Å². The molecule has 0 unspecified atom stereocenters. The molecule has 4 aromatic rings. The van der Waals surface area contributed by atoms with Gasteiger partial charge < -0.3 is 10.3 Å². The molecule has 0 saturated heterocycles. The summed E-state index contributed by atoms with van der Waals surface area (Å²) in [4.78, 5) is 23.8. The molecular weight excluding hydrogens is 296 g/mol. The number of hydrogen-bond donors (Lipinski definition) is 2. The summed E-state index contributed by atoms with van der Waals surface area (Å²) < 4.78 is 0.964. The largest absolute Gasteiger partial charge is 0.357 e. The molecule has 5 nitrogen and oxygen atoms in total. The van der Waals surface area contributed by atoms with Crippen molar-refractivity contribution in [1.82, 2.24) is 20.3 Å². The second-order valence-corrected chi connectivity index (χ2v) is 5.96. The van der Waals surface area contributed by atoms with Crippen LogP contribution in [0.2, 0.25) is 0 Å². The van der Waals surface area contributed by atoms with Crippen molar-refractivity contribution < 1.29 is 4.79 Å². The van der Waals surface area contributed by atoms with E-state index in [9.17, 15) is 4.79 Å². The molecule has 0 radical (unpaired) electrons. The maximum atomic E-state index is 12.2. The molecule has 22 heavy (non-hydrogen) atoms. The number of amides is 1. The van der Waals surface area contributed by atoms with Gasteiger partial charge in [-0.1, -0.05) is 18.2 Å². The van der Waals surface area contributed by atoms with Gasteiger partial charge in [-0.05, 0) is 23.6 Å². The van der Waals surface area contributed by atoms with Crippen molar-refractivity contribution in [3.8, 4) is 0 Å². The van der Waals surface area contributed by atoms with Crippen molar-refractivity contribution in [1.29, 1.82) is 0 Å². The number of para-hydroxylation sites is 1. The van der Waals surface area contributed by atoms with E-state index in [1.807, 2.05) is 36.4 Å². The molecule has 0 saturated carbocycles. The highest BCUT2D eigenvalue weighted by atomic mass is 32.1. The van der Waals surface area contributed by atoms with Crippen LogP contribution in [0, 0.1) is 0 Å². The summed E-state index contributed by atoms with van der Waals surface area (Å²) >= 11 is 1.37. The Hall–Kier alpha value is -2.73. The Morgan fingerprint density at radius 1 is 1.27 bits per heavy atom. The van der Waals surface area contributed by atoms with E-state index in [0.29, 0.717) is 11.6 Å². The predicted octanol–water partition coefficient (Wildman–Crippen LogP) is 3.10. The number of H-pyrrole nitrogens is 1. The molecule has 2 N–H and O–H groups in total. The van der Waals surface area contributed by atoms with Crippen LogP contribution < -0.4 is 5.32 Å². The topological polar surface area (TPSA) is 70.7 Å². The van der Waals surface area contributed by atoms with Crippen molar-refractivity contribution in [3.05, 3.63) is 59.5 Å². The highest BCUT2D eigenvalue weighted by Gasteiger charge is 2.12. The van der Waals surface area contributed by atoms with Gasteiger partial charge in [0.1, 0.15) is 5.52 Å². The van der Waals surface area contributed by atoms with Gasteiger partial charge in [0.05, 0.1) is 17.4 Å². The monoisotopic (exact) mass is 308 g/mol. The fourth-order valence-electron chi connectivity index (χ4n) is 2.36. The van der Waals surface area contributed by atoms with Gasteiger partial charge in [0.2, 0.25) is 0 Å². The van der Waals surface area contributed by atoms with E-state index in [4.69, 9.17) is 0 Å². The minimum Gasteiger partial charge on any atom is -0.357 e. The summed E-state index contributed by atoms with van der Waals surface area (Å²) in [5.74, 6) is -0.167. The molecule has 0 aliphatic carbocycles. The van der Waals surface area contributed by atoms with Gasteiger partial charge in [-0.25, -0.2) is 4.98 Å². The van der Waals surface area contributed by atoms with E-state index < -0.39 is 0 Å². The summed E-state index contributed by atoms with van der Waals surface area (Å²) in [6.45, 7) is 0.446. The molecule has 6 heteroatoms. The highest BCUT2D eigenvalue weighted by Crippen LogP contribution is 2.20. The van der Waals surface area contributed by atoms with E-state index in [1.54, 1.807) is 12.4 Å². The number of pyridine rings is 1. The van der Waals surface area contributed by atoms with Crippen molar-refractivity contribution in [2.75, 3.05) is 0 Å². The predicted molar refractivity (Wildman–Crippen MR) is 86.9 cm³/mol. The lowest BCUT2D eigenvalue weighted by Crippen LogP contribution is -2.22. The van der Waals surface area contributed by atoms with Gasteiger partial charge in [0, 0.05) is 17.4 Å². The van der Waals surface area contributed by atoms with E-state index in [2.05, 4.69) is 20.3 Å². The zero-order valence-corrected chi connectivity index (χ0v) is 12.4. The number of benzene rings is 1. The first-order valence-electron chi connectivity index (χ1n) is 6.85. The molecular formula is C16H12N4OS. The normalized spacial score (nSPS) is 11.1. The van der Waals surface area contributed by atoms with Crippen LogP contribution in [-0.4, -0.2) is 20.9 Å². The molecule has 0 aliphatic heterocycles. The van der Waals surface area contributed by atoms with Gasteiger partial charge in [0.15, 0.2) is 5.01 Å². The molecule has 3 aromatic heterocycles. The van der Waals surface area contributed by atoms with Crippen LogP contribution >= 0.6 is 11.3 Å². The number of carbonyl (C=O) groups is 1. The van der Waals surface area contributed by atoms with Crippen LogP contribution in [0.15, 0.2) is 48.8 Å². The molecule has 0 spiro atoms. The van der Waals surface area contributed by atoms with Crippen molar-refractivity contribution in [2.45, 2.75) is 6.54 Å². The maximum Gasteiger partial charge on any atom is 0.280 e. The Morgan fingerprint density at radius 2 is 2.18 bits per heavy atom. The van der Waals surface area contributed by atoms with Gasteiger partial charge >= 0.3 is 0 Å². The van der Waals surface area contributed by atoms with Crippen LogP contribution in [0.1, 0.15) is 15.5 Å². The third-order valence-corrected chi connectivity index (χ3v) is 4.44. The average molecular weight is 308 g/mol. The third-order valence-electron chi connectivity index (χ3n) is 3.41. The van der Waals surface area contributed by atoms with Gasteiger partial charge in [-0.15, -0.1) is 11.3 Å². The zero-order valence-electron chi connectivity index (χ0n) is 11.5. The van der Waals surface area contributed by atoms with Crippen molar-refractivity contribution in [2.24, 2.45) is 0 Å². The Bertz CT molecular complexity index is 906. The number of aromatic nitrogens is 3. The number of fused-ring (bicyclic) bond motifs is 2. The number of thiazole rings is 1. The van der Waals surface area contributed by atoms with Crippen LogP contribution in [0.5, 0.6) is 0 Å². The Kier molecular flexibility index (Phi) is 3.08. The first-order valence-corrected chi connectivity index (χ1v) is 7.66. The number of carbonyl (C=O) groups excluding carboxylic acids is 1. The lowest BCUT2D eigenvalue weighted by Gasteiger charge is -2.00. The van der Waals surface area contributed by atoms with Crippen LogP contribution in [-0.2, 0) is 6.54 Å². The molecule has 108 valence electrons. The minimum atomic E-state index is -0.167. The second kappa shape index (κ2) is 5.23. The van der Waals surface area contributed by atoms with E-state index >= 15 is 0 Å². The summed E-state index contributed by atoms with van der Waals surface area (Å²) in [6.07, 6.45) is 3.37. The second-order valence-electron chi connectivity index (χ2n) is 4.93. The minimum absolute atomic E-state index is 0.167. The molecule has 0 atom stereocenters. The van der Waals surface area contributed by atoms with Gasteiger partial charge in [-0.3, -0.25) is 9.78 Å². The summed E-state index contributed by atoms with van der Waals surface area (Å²) in [7, 11) is 0. The summed E-state index contributed by atoms with van der Waals surface area (Å²) in [5.41, 5.74) is 2.79. The lowest BCUT2D eigenvalue weighted by atomic mass is 10.2. The SMILES string of the molecule is O=C(NCc1cc2ccccc2[nH]1)c1nc2cnccc2s1. The summed E-state index contributed by atoms with van der Waals surface area (Å²) in [5, 5.41) is 4.49. The molecule has 1 amide bonds. The fraction of sp³-hybridized carbons (Fsp3) is 0.0625. The number of nitrogens with one attached hydrogen (secondary N) is 2. The first kappa shape index (κ1) is 13.0. The molecule has 0 aliphatic rings. The number of hydrogen-bond acceptors (Lipinski definition) is 4. The zero-order chi connectivity index (χ0) is 14.9. The van der Waals surface area contributed by atoms with Crippen LogP contribution in [0.4, 0.5) is 0 Å². The molecule has 4 rings (SSSR count). The Morgan fingerprint density at radius 3 is 3.05 bits per heavy atom. The van der Waals surface area contributed by atoms with E-state index in [0.717, 1.165) is 26.8 Å². The van der Waals surface area contributed by atoms with Gasteiger partial charge in [0.25, 0.3) is 5.91 Å². The standard InChI is InChI=1S/C16H12N4OS/c21-15(16-20-13-9-17-6-5-14(13)22-16)18-8-11-7-10-3-1-2-4-12(10)19-11/h1-7,9,19H,8H2,(H,18,21). The molecule has 3 heterocycles. The number of aromatic amines is 1. The van der Waals surface area contributed by atoms with E-state index in [-0.39, 0.29) is 5.91 Å². The third kappa shape index (κ3) is 2.33. The van der Waals surface area contributed by atoms with Gasteiger partial charge in [-0.2, -0.15) is 0 Å². The maximum absolute atomic E-state index is 12.2. The fourth-order valence-corrected chi connectivity index (χ4v) is 3.21. The van der Waals surface area contributed by atoms with Crippen molar-refractivity contribution >= 4 is 38.4 Å². The first-order chi connectivity index (χ1) is 10.8. The Labute approximate surface area is 130 Å².